The Morgan fingerprint density at radius 1 is 1.30 bits per heavy atom. The Balaban J connectivity index is 1.81. The van der Waals surface area contributed by atoms with Gasteiger partial charge in [0.1, 0.15) is 5.75 Å². The minimum Gasteiger partial charge on any atom is -0.497 e. The molecule has 0 spiro atoms. The first kappa shape index (κ1) is 16.2. The standard InChI is InChI=1S/C16H13BrN2O2S2/c1-9-14(10-3-5-12(21-2)6-4-10)18-16(23-9)19-15(20)11-7-13(17)22-8-11/h3-8H,1-2H3,(H,18,19,20). The molecule has 0 saturated carbocycles. The minimum absolute atomic E-state index is 0.151. The molecular formula is C16H13BrN2O2S2. The highest BCUT2D eigenvalue weighted by Crippen LogP contribution is 2.31. The van der Waals surface area contributed by atoms with Crippen LogP contribution in [0.1, 0.15) is 15.2 Å². The van der Waals surface area contributed by atoms with Crippen molar-refractivity contribution in [3.05, 3.63) is 49.9 Å². The number of nitrogens with zero attached hydrogens (tertiary/aromatic N) is 1. The molecule has 0 aliphatic heterocycles. The van der Waals surface area contributed by atoms with Gasteiger partial charge < -0.3 is 4.74 Å². The average molecular weight is 409 g/mol. The van der Waals surface area contributed by atoms with Gasteiger partial charge in [-0.05, 0) is 53.2 Å². The molecule has 3 aromatic rings. The first-order valence-corrected chi connectivity index (χ1v) is 9.23. The van der Waals surface area contributed by atoms with Crippen molar-refractivity contribution in [2.45, 2.75) is 6.92 Å². The molecule has 7 heteroatoms. The van der Waals surface area contributed by atoms with Crippen molar-refractivity contribution in [2.75, 3.05) is 12.4 Å². The highest BCUT2D eigenvalue weighted by atomic mass is 79.9. The summed E-state index contributed by atoms with van der Waals surface area (Å²) < 4.78 is 6.09. The highest BCUT2D eigenvalue weighted by molar-refractivity contribution is 9.11. The minimum atomic E-state index is -0.151. The number of hydrogen-bond donors (Lipinski definition) is 1. The number of nitrogens with one attached hydrogen (secondary N) is 1. The highest BCUT2D eigenvalue weighted by Gasteiger charge is 2.14. The average Bonchev–Trinajstić information content (AvgIpc) is 3.13. The fraction of sp³-hybridized carbons (Fsp3) is 0.125. The number of anilines is 1. The maximum Gasteiger partial charge on any atom is 0.258 e. The monoisotopic (exact) mass is 408 g/mol. The van der Waals surface area contributed by atoms with Crippen LogP contribution in [0.4, 0.5) is 5.13 Å². The Morgan fingerprint density at radius 2 is 2.04 bits per heavy atom. The van der Waals surface area contributed by atoms with Gasteiger partial charge in [-0.25, -0.2) is 4.98 Å². The Morgan fingerprint density at radius 3 is 2.65 bits per heavy atom. The summed E-state index contributed by atoms with van der Waals surface area (Å²) in [7, 11) is 1.64. The van der Waals surface area contributed by atoms with E-state index in [0.29, 0.717) is 10.7 Å². The predicted molar refractivity (Wildman–Crippen MR) is 98.8 cm³/mol. The molecular weight excluding hydrogens is 396 g/mol. The number of carbonyl (C=O) groups excluding carboxylic acids is 1. The molecule has 0 atom stereocenters. The number of benzene rings is 1. The van der Waals surface area contributed by atoms with E-state index >= 15 is 0 Å². The summed E-state index contributed by atoms with van der Waals surface area (Å²) in [5, 5.41) is 5.26. The largest absolute Gasteiger partial charge is 0.497 e. The summed E-state index contributed by atoms with van der Waals surface area (Å²) in [6, 6.07) is 9.51. The van der Waals surface area contributed by atoms with E-state index in [9.17, 15) is 4.79 Å². The van der Waals surface area contributed by atoms with E-state index in [2.05, 4.69) is 26.2 Å². The summed E-state index contributed by atoms with van der Waals surface area (Å²) in [4.78, 5) is 17.8. The topological polar surface area (TPSA) is 51.2 Å². The second-order valence-electron chi connectivity index (χ2n) is 4.75. The lowest BCUT2D eigenvalue weighted by atomic mass is 10.1. The second kappa shape index (κ2) is 6.82. The molecule has 4 nitrogen and oxygen atoms in total. The van der Waals surface area contributed by atoms with E-state index in [-0.39, 0.29) is 5.91 Å². The van der Waals surface area contributed by atoms with E-state index < -0.39 is 0 Å². The number of rotatable bonds is 4. The van der Waals surface area contributed by atoms with E-state index in [1.807, 2.05) is 36.6 Å². The number of thiophene rings is 1. The van der Waals surface area contributed by atoms with E-state index in [1.54, 1.807) is 13.2 Å². The number of methoxy groups -OCH3 is 1. The number of carbonyl (C=O) groups is 1. The van der Waals surface area contributed by atoms with Gasteiger partial charge in [-0.3, -0.25) is 10.1 Å². The van der Waals surface area contributed by atoms with Crippen LogP contribution in [0.15, 0.2) is 39.5 Å². The van der Waals surface area contributed by atoms with Crippen LogP contribution in [0.5, 0.6) is 5.75 Å². The zero-order valence-corrected chi connectivity index (χ0v) is 15.6. The smallest absolute Gasteiger partial charge is 0.258 e. The molecule has 0 fully saturated rings. The number of aryl methyl sites for hydroxylation is 1. The van der Waals surface area contributed by atoms with Crippen molar-refractivity contribution in [1.82, 2.24) is 4.98 Å². The third-order valence-corrected chi connectivity index (χ3v) is 5.60. The van der Waals surface area contributed by atoms with Crippen LogP contribution in [-0.2, 0) is 0 Å². The lowest BCUT2D eigenvalue weighted by molar-refractivity contribution is 0.102. The third kappa shape index (κ3) is 3.63. The number of amides is 1. The third-order valence-electron chi connectivity index (χ3n) is 3.21. The summed E-state index contributed by atoms with van der Waals surface area (Å²) in [6.45, 7) is 1.99. The summed E-state index contributed by atoms with van der Waals surface area (Å²) in [5.74, 6) is 0.653. The lowest BCUT2D eigenvalue weighted by Crippen LogP contribution is -2.10. The fourth-order valence-corrected chi connectivity index (χ4v) is 4.03. The van der Waals surface area contributed by atoms with Crippen LogP contribution in [0, 0.1) is 6.92 Å². The molecule has 2 heterocycles. The number of hydrogen-bond acceptors (Lipinski definition) is 5. The molecule has 2 aromatic heterocycles. The predicted octanol–water partition coefficient (Wildman–Crippen LogP) is 5.20. The Hall–Kier alpha value is -1.70. The van der Waals surface area contributed by atoms with Gasteiger partial charge in [0.2, 0.25) is 0 Å². The summed E-state index contributed by atoms with van der Waals surface area (Å²) in [5.41, 5.74) is 2.50. The zero-order chi connectivity index (χ0) is 16.4. The van der Waals surface area contributed by atoms with Gasteiger partial charge in [0.25, 0.3) is 5.91 Å². The normalized spacial score (nSPS) is 10.6. The number of halogens is 1. The maximum atomic E-state index is 12.2. The Bertz CT molecular complexity index is 840. The van der Waals surface area contributed by atoms with Gasteiger partial charge in [-0.15, -0.1) is 22.7 Å². The van der Waals surface area contributed by atoms with Crippen molar-refractivity contribution in [3.63, 3.8) is 0 Å². The van der Waals surface area contributed by atoms with Gasteiger partial charge in [-0.2, -0.15) is 0 Å². The van der Waals surface area contributed by atoms with Crippen LogP contribution in [0.3, 0.4) is 0 Å². The zero-order valence-electron chi connectivity index (χ0n) is 12.4. The molecule has 0 aliphatic carbocycles. The molecule has 118 valence electrons. The van der Waals surface area contributed by atoms with Gasteiger partial charge in [0, 0.05) is 15.8 Å². The Kier molecular flexibility index (Phi) is 4.79. The molecule has 0 radical (unpaired) electrons. The number of ether oxygens (including phenoxy) is 1. The van der Waals surface area contributed by atoms with E-state index in [0.717, 1.165) is 25.7 Å². The molecule has 1 amide bonds. The van der Waals surface area contributed by atoms with Gasteiger partial charge in [0.15, 0.2) is 5.13 Å². The summed E-state index contributed by atoms with van der Waals surface area (Å²) in [6.07, 6.45) is 0. The number of thiazole rings is 1. The first-order chi connectivity index (χ1) is 11.1. The van der Waals surface area contributed by atoms with Gasteiger partial charge >= 0.3 is 0 Å². The second-order valence-corrected chi connectivity index (χ2v) is 8.24. The number of aromatic nitrogens is 1. The van der Waals surface area contributed by atoms with Crippen molar-refractivity contribution in [3.8, 4) is 17.0 Å². The van der Waals surface area contributed by atoms with Crippen molar-refractivity contribution in [2.24, 2.45) is 0 Å². The van der Waals surface area contributed by atoms with Crippen molar-refractivity contribution < 1.29 is 9.53 Å². The maximum absolute atomic E-state index is 12.2. The Labute approximate surface area is 150 Å². The molecule has 3 rings (SSSR count). The van der Waals surface area contributed by atoms with Gasteiger partial charge in [0.05, 0.1) is 22.2 Å². The molecule has 23 heavy (non-hydrogen) atoms. The first-order valence-electron chi connectivity index (χ1n) is 6.74. The fourth-order valence-electron chi connectivity index (χ4n) is 2.07. The van der Waals surface area contributed by atoms with Crippen LogP contribution in [0.2, 0.25) is 0 Å². The van der Waals surface area contributed by atoms with Crippen LogP contribution in [-0.4, -0.2) is 18.0 Å². The molecule has 1 N–H and O–H groups in total. The molecule has 0 saturated heterocycles. The molecule has 0 aliphatic rings. The van der Waals surface area contributed by atoms with E-state index in [1.165, 1.54) is 22.7 Å². The van der Waals surface area contributed by atoms with Crippen LogP contribution in [0.25, 0.3) is 11.3 Å². The van der Waals surface area contributed by atoms with Crippen LogP contribution >= 0.6 is 38.6 Å². The lowest BCUT2D eigenvalue weighted by Gasteiger charge is -2.02. The molecule has 0 bridgehead atoms. The van der Waals surface area contributed by atoms with Gasteiger partial charge in [-0.1, -0.05) is 0 Å². The van der Waals surface area contributed by atoms with Crippen LogP contribution < -0.4 is 10.1 Å². The van der Waals surface area contributed by atoms with E-state index in [4.69, 9.17) is 4.74 Å². The van der Waals surface area contributed by atoms with Crippen molar-refractivity contribution in [1.29, 1.82) is 0 Å². The van der Waals surface area contributed by atoms with Crippen molar-refractivity contribution >= 4 is 49.6 Å². The molecule has 0 unspecified atom stereocenters. The summed E-state index contributed by atoms with van der Waals surface area (Å²) >= 11 is 6.30. The quantitative estimate of drug-likeness (QED) is 0.644. The molecule has 1 aromatic carbocycles. The SMILES string of the molecule is COc1ccc(-c2nc(NC(=O)c3csc(Br)c3)sc2C)cc1.